The molecular formula is C30H51N3O37S4. The number of nitrogens with two attached hydrogens (primary N) is 3. The first-order chi connectivity index (χ1) is 33.9. The van der Waals surface area contributed by atoms with Crippen LogP contribution in [0.2, 0.25) is 0 Å². The number of hydrogen-bond donors (Lipinski definition) is 17. The SMILES string of the molecule is N[C@@H]1[C@@H](O)[C@H](O[C@@H]2O[C@@H](C(=O)O)[C@@H](O[C@H]3O[C@H](COS(=O)(=O)O)[C@@H](O[C@@H]4O[C@H](C(=O)O)[C@@H](O[C@@H]5O[C@H](COS(=O)(=O)O)[C@@H](O)[C@H](O)[C@H]5N)[C@H](O)[C@H]4O)[C@H](OS(=O)(=O)O)[C@H]3N)[C@H](O)[C@H]2OS(=O)(=O)O)[C@@H](CO)O[C@@H]1O. The van der Waals surface area contributed by atoms with Crippen LogP contribution in [0.25, 0.3) is 0 Å². The first-order valence-corrected chi connectivity index (χ1v) is 25.9. The van der Waals surface area contributed by atoms with Crippen molar-refractivity contribution in [2.24, 2.45) is 17.2 Å². The summed E-state index contributed by atoms with van der Waals surface area (Å²) in [5.41, 5.74) is 17.7. The zero-order valence-corrected chi connectivity index (χ0v) is 39.8. The summed E-state index contributed by atoms with van der Waals surface area (Å²) in [6, 6.07) is -6.11. The van der Waals surface area contributed by atoms with Crippen LogP contribution < -0.4 is 17.2 Å². The molecule has 74 heavy (non-hydrogen) atoms. The van der Waals surface area contributed by atoms with Crippen molar-refractivity contribution in [2.75, 3.05) is 19.8 Å². The predicted molar refractivity (Wildman–Crippen MR) is 215 cm³/mol. The number of carboxylic acid groups (broad SMARTS) is 2. The molecule has 5 rings (SSSR count). The third-order valence-corrected chi connectivity index (χ3v) is 13.1. The molecule has 0 bridgehead atoms. The highest BCUT2D eigenvalue weighted by molar-refractivity contribution is 7.81. The van der Waals surface area contributed by atoms with Gasteiger partial charge in [0.1, 0.15) is 85.5 Å². The Hall–Kier alpha value is -2.38. The van der Waals surface area contributed by atoms with Crippen molar-refractivity contribution in [3.8, 4) is 0 Å². The van der Waals surface area contributed by atoms with Crippen LogP contribution in [0, 0.1) is 0 Å². The average molecular weight is 1170 g/mol. The van der Waals surface area contributed by atoms with Gasteiger partial charge in [-0.1, -0.05) is 0 Å². The van der Waals surface area contributed by atoms with Crippen LogP contribution in [0.1, 0.15) is 0 Å². The number of aliphatic hydroxyl groups excluding tert-OH is 8. The summed E-state index contributed by atoms with van der Waals surface area (Å²) in [6.45, 7) is -3.98. The van der Waals surface area contributed by atoms with E-state index in [1.807, 2.05) is 0 Å². The Bertz CT molecular complexity index is 2390. The molecule has 0 aromatic carbocycles. The van der Waals surface area contributed by atoms with Gasteiger partial charge in [-0.3, -0.25) is 18.2 Å². The van der Waals surface area contributed by atoms with E-state index in [2.05, 4.69) is 16.7 Å². The second kappa shape index (κ2) is 24.3. The molecule has 5 aliphatic heterocycles. The van der Waals surface area contributed by atoms with Crippen molar-refractivity contribution in [3.05, 3.63) is 0 Å². The Kier molecular flexibility index (Phi) is 20.5. The molecule has 0 unspecified atom stereocenters. The number of aliphatic carboxylic acids is 2. The zero-order valence-electron chi connectivity index (χ0n) is 36.6. The van der Waals surface area contributed by atoms with E-state index in [4.69, 9.17) is 64.4 Å². The molecule has 5 fully saturated rings. The third-order valence-electron chi connectivity index (χ3n) is 11.3. The van der Waals surface area contributed by atoms with Crippen molar-refractivity contribution < 1.29 is 172 Å². The molecule has 0 aromatic rings. The van der Waals surface area contributed by atoms with E-state index in [1.54, 1.807) is 0 Å². The van der Waals surface area contributed by atoms with Crippen LogP contribution in [0.3, 0.4) is 0 Å². The number of ether oxygens (including phenoxy) is 9. The lowest BCUT2D eigenvalue weighted by Crippen LogP contribution is -2.70. The molecule has 0 radical (unpaired) electrons. The minimum absolute atomic E-state index is 1.09. The highest BCUT2D eigenvalue weighted by Crippen LogP contribution is 2.37. The van der Waals surface area contributed by atoms with Gasteiger partial charge >= 0.3 is 53.5 Å². The van der Waals surface area contributed by atoms with E-state index in [1.165, 1.54) is 0 Å². The lowest BCUT2D eigenvalue weighted by molar-refractivity contribution is -0.371. The Morgan fingerprint density at radius 1 is 0.419 bits per heavy atom. The van der Waals surface area contributed by atoms with Gasteiger partial charge in [-0.15, -0.1) is 0 Å². The van der Waals surface area contributed by atoms with Crippen molar-refractivity contribution in [1.82, 2.24) is 0 Å². The van der Waals surface area contributed by atoms with E-state index < -0.39 is 227 Å². The van der Waals surface area contributed by atoms with Gasteiger partial charge in [0, 0.05) is 0 Å². The van der Waals surface area contributed by atoms with Crippen molar-refractivity contribution in [2.45, 2.75) is 153 Å². The summed E-state index contributed by atoms with van der Waals surface area (Å²) in [7, 11) is -22.5. The maximum atomic E-state index is 12.7. The Morgan fingerprint density at radius 3 is 1.36 bits per heavy atom. The molecule has 0 aromatic heterocycles. The summed E-state index contributed by atoms with van der Waals surface area (Å²) < 4.78 is 198. The Labute approximate surface area is 414 Å². The molecule has 5 saturated heterocycles. The molecule has 0 aliphatic carbocycles. The largest absolute Gasteiger partial charge is 0.479 e. The molecule has 25 atom stereocenters. The summed E-state index contributed by atoms with van der Waals surface area (Å²) in [5, 5.41) is 105. The van der Waals surface area contributed by atoms with Crippen molar-refractivity contribution in [1.29, 1.82) is 0 Å². The van der Waals surface area contributed by atoms with E-state index >= 15 is 0 Å². The molecule has 0 saturated carbocycles. The summed E-state index contributed by atoms with van der Waals surface area (Å²) in [4.78, 5) is 25.2. The van der Waals surface area contributed by atoms with E-state index in [-0.39, 0.29) is 0 Å². The van der Waals surface area contributed by atoms with Crippen LogP contribution in [0.15, 0.2) is 0 Å². The van der Waals surface area contributed by atoms with Gasteiger partial charge in [-0.05, 0) is 0 Å². The molecule has 44 heteroatoms. The van der Waals surface area contributed by atoms with Gasteiger partial charge in [0.25, 0.3) is 0 Å². The second-order valence-corrected chi connectivity index (χ2v) is 20.6. The summed E-state index contributed by atoms with van der Waals surface area (Å²) in [6.07, 6.45) is -53.0. The molecular weight excluding hydrogens is 1120 g/mol. The lowest BCUT2D eigenvalue weighted by atomic mass is 9.94. The highest BCUT2D eigenvalue weighted by atomic mass is 32.3. The number of aliphatic hydroxyl groups is 8. The van der Waals surface area contributed by atoms with Gasteiger partial charge in [0.05, 0.1) is 37.9 Å². The maximum Gasteiger partial charge on any atom is 0.397 e. The monoisotopic (exact) mass is 1170 g/mol. The second-order valence-electron chi connectivity index (χ2n) is 16.3. The Balaban J connectivity index is 1.46. The maximum absolute atomic E-state index is 12.7. The molecule has 0 spiro atoms. The quantitative estimate of drug-likeness (QED) is 0.0475. The average Bonchev–Trinajstić information content (AvgIpc) is 3.27. The smallest absolute Gasteiger partial charge is 0.397 e. The first-order valence-electron chi connectivity index (χ1n) is 20.5. The molecule has 5 heterocycles. The van der Waals surface area contributed by atoms with Gasteiger partial charge in [0.15, 0.2) is 49.8 Å². The minimum atomic E-state index is -5.90. The predicted octanol–water partition coefficient (Wildman–Crippen LogP) is -12.5. The Morgan fingerprint density at radius 2 is 0.865 bits per heavy atom. The van der Waals surface area contributed by atoms with E-state index in [0.717, 1.165) is 0 Å². The topological polar surface area (TPSA) is 652 Å². The number of carbonyl (C=O) groups is 2. The molecule has 5 aliphatic rings. The van der Waals surface area contributed by atoms with Crippen molar-refractivity contribution in [3.63, 3.8) is 0 Å². The van der Waals surface area contributed by atoms with Crippen LogP contribution in [0.4, 0.5) is 0 Å². The third kappa shape index (κ3) is 15.5. The summed E-state index contributed by atoms with van der Waals surface area (Å²) in [5.74, 6) is -4.28. The van der Waals surface area contributed by atoms with Crippen LogP contribution in [-0.2, 0) is 111 Å². The summed E-state index contributed by atoms with van der Waals surface area (Å²) >= 11 is 0. The lowest BCUT2D eigenvalue weighted by Gasteiger charge is -2.49. The number of carboxylic acids is 2. The molecule has 432 valence electrons. The minimum Gasteiger partial charge on any atom is -0.479 e. The fourth-order valence-corrected chi connectivity index (χ4v) is 9.46. The molecule has 40 nitrogen and oxygen atoms in total. The van der Waals surface area contributed by atoms with Gasteiger partial charge in [-0.25, -0.2) is 26.3 Å². The normalized spacial score (nSPS) is 43.9. The fraction of sp³-hybridized carbons (Fsp3) is 0.933. The van der Waals surface area contributed by atoms with E-state index in [0.29, 0.717) is 0 Å². The van der Waals surface area contributed by atoms with Crippen molar-refractivity contribution >= 4 is 53.5 Å². The van der Waals surface area contributed by atoms with Gasteiger partial charge < -0.3 is 111 Å². The molecule has 20 N–H and O–H groups in total. The first kappa shape index (κ1) is 62.5. The van der Waals surface area contributed by atoms with Gasteiger partial charge in [-0.2, -0.15) is 33.7 Å². The molecule has 0 amide bonds. The zero-order chi connectivity index (χ0) is 55.9. The van der Waals surface area contributed by atoms with Crippen LogP contribution >= 0.6 is 0 Å². The fourth-order valence-electron chi connectivity index (χ4n) is 7.84. The van der Waals surface area contributed by atoms with Crippen LogP contribution in [0.5, 0.6) is 0 Å². The van der Waals surface area contributed by atoms with Gasteiger partial charge in [0.2, 0.25) is 0 Å². The highest BCUT2D eigenvalue weighted by Gasteiger charge is 2.59. The standard InChI is InChI=1S/C30H51N3O37S4/c31-7-12(37)16(4(1-34)60-26(7)45)63-30-21(70-74(55,56)57)15(40)20(23(68-30)25(43)44)66-28-9(33)18(69-73(52,53)54)17(6(62-28)3-59-72(49,50)51)64-29-14(39)13(38)19(22(67-29)24(41)42)65-27-8(32)11(36)10(35)5(61-27)2-58-71(46,47)48/h4-23,26-30,34-40,45H,1-3,31-33H2,(H,41,42)(H,43,44)(H,46,47,48)(H,49,50,51)(H,52,53,54)(H,55,56,57)/t4-,5-,6-,7-,8-,9-,10-,11-,12-,13-,14-,15+,16-,17-,18-,19+,20+,21-,22+,23-,26+,27+,28-,29-,30-/m1/s1. The number of rotatable bonds is 21. The van der Waals surface area contributed by atoms with Crippen LogP contribution in [-0.4, -0.2) is 288 Å². The van der Waals surface area contributed by atoms with E-state index in [9.17, 15) is 108 Å². The number of hydrogen-bond acceptors (Lipinski definition) is 34.